The number of nitrogens with zero attached hydrogens (tertiary/aromatic N) is 4. The van der Waals surface area contributed by atoms with Gasteiger partial charge in [0.1, 0.15) is 5.52 Å². The molecule has 1 spiro atoms. The Morgan fingerprint density at radius 2 is 2.08 bits per heavy atom. The highest BCUT2D eigenvalue weighted by Crippen LogP contribution is 2.50. The second kappa shape index (κ2) is 5.84. The van der Waals surface area contributed by atoms with Crippen molar-refractivity contribution < 1.29 is 9.15 Å². The Labute approximate surface area is 152 Å². The lowest BCUT2D eigenvalue weighted by molar-refractivity contribution is 0.0171. The van der Waals surface area contributed by atoms with E-state index in [0.29, 0.717) is 5.92 Å². The van der Waals surface area contributed by atoms with Crippen LogP contribution >= 0.6 is 0 Å². The van der Waals surface area contributed by atoms with Crippen LogP contribution in [0, 0.1) is 12.3 Å². The number of rotatable bonds is 2. The highest BCUT2D eigenvalue weighted by Gasteiger charge is 2.49. The van der Waals surface area contributed by atoms with Crippen LogP contribution in [-0.4, -0.2) is 41.1 Å². The van der Waals surface area contributed by atoms with Gasteiger partial charge in [0.2, 0.25) is 0 Å². The molecule has 0 N–H and O–H groups in total. The molecule has 2 aliphatic rings. The van der Waals surface area contributed by atoms with Crippen LogP contribution in [0.4, 0.5) is 6.01 Å². The third-order valence-electron chi connectivity index (χ3n) is 6.07. The molecule has 0 amide bonds. The van der Waals surface area contributed by atoms with E-state index in [1.54, 1.807) is 0 Å². The lowest BCUT2D eigenvalue weighted by Crippen LogP contribution is -2.36. The molecule has 26 heavy (non-hydrogen) atoms. The third-order valence-corrected chi connectivity index (χ3v) is 6.07. The van der Waals surface area contributed by atoms with Crippen LogP contribution in [-0.2, 0) is 11.8 Å². The van der Waals surface area contributed by atoms with Gasteiger partial charge in [-0.05, 0) is 43.0 Å². The zero-order valence-corrected chi connectivity index (χ0v) is 15.3. The van der Waals surface area contributed by atoms with Gasteiger partial charge in [0, 0.05) is 50.9 Å². The monoisotopic (exact) mass is 352 g/mol. The zero-order valence-electron chi connectivity index (χ0n) is 15.3. The topological polar surface area (TPSA) is 56.3 Å². The molecular weight excluding hydrogens is 328 g/mol. The smallest absolute Gasteiger partial charge is 0.298 e. The summed E-state index contributed by atoms with van der Waals surface area (Å²) in [7, 11) is 1.98. The predicted molar refractivity (Wildman–Crippen MR) is 99.4 cm³/mol. The number of hydrogen-bond acceptors (Lipinski definition) is 5. The van der Waals surface area contributed by atoms with Crippen LogP contribution in [0.1, 0.15) is 29.9 Å². The van der Waals surface area contributed by atoms with Gasteiger partial charge in [-0.3, -0.25) is 4.68 Å². The van der Waals surface area contributed by atoms with Gasteiger partial charge in [0.15, 0.2) is 5.58 Å². The first-order chi connectivity index (χ1) is 12.6. The fourth-order valence-electron chi connectivity index (χ4n) is 4.64. The summed E-state index contributed by atoms with van der Waals surface area (Å²) in [6.07, 6.45) is 6.31. The zero-order chi connectivity index (χ0) is 17.7. The summed E-state index contributed by atoms with van der Waals surface area (Å²) in [6.45, 7) is 5.62. The molecule has 2 aromatic heterocycles. The molecule has 2 fully saturated rings. The molecule has 0 aliphatic carbocycles. The quantitative estimate of drug-likeness (QED) is 0.708. The molecule has 6 nitrogen and oxygen atoms in total. The van der Waals surface area contributed by atoms with Crippen molar-refractivity contribution in [3.8, 4) is 0 Å². The summed E-state index contributed by atoms with van der Waals surface area (Å²) in [6, 6.07) is 6.91. The normalized spacial score (nSPS) is 22.5. The lowest BCUT2D eigenvalue weighted by Gasteiger charge is -2.37. The first-order valence-corrected chi connectivity index (χ1v) is 9.31. The number of anilines is 1. The van der Waals surface area contributed by atoms with E-state index in [9.17, 15) is 0 Å². The number of aromatic nitrogens is 3. The van der Waals surface area contributed by atoms with Gasteiger partial charge < -0.3 is 14.1 Å². The number of fused-ring (bicyclic) bond motifs is 1. The van der Waals surface area contributed by atoms with Crippen LogP contribution in [0.5, 0.6) is 0 Å². The molecule has 136 valence electrons. The fraction of sp³-hybridized carbons (Fsp3) is 0.500. The van der Waals surface area contributed by atoms with E-state index in [2.05, 4.69) is 35.3 Å². The number of benzene rings is 1. The molecule has 6 heteroatoms. The summed E-state index contributed by atoms with van der Waals surface area (Å²) in [5.41, 5.74) is 4.51. The second-order valence-corrected chi connectivity index (χ2v) is 7.82. The first-order valence-electron chi connectivity index (χ1n) is 9.31. The summed E-state index contributed by atoms with van der Waals surface area (Å²) < 4.78 is 13.7. The Morgan fingerprint density at radius 3 is 2.85 bits per heavy atom. The minimum absolute atomic E-state index is 0.206. The number of aryl methyl sites for hydroxylation is 2. The highest BCUT2D eigenvalue weighted by atomic mass is 16.5. The van der Waals surface area contributed by atoms with Gasteiger partial charge in [0.05, 0.1) is 6.20 Å². The first kappa shape index (κ1) is 15.9. The summed E-state index contributed by atoms with van der Waals surface area (Å²) in [4.78, 5) is 7.09. The minimum Gasteiger partial charge on any atom is -0.423 e. The molecule has 2 aliphatic heterocycles. The number of hydrogen-bond donors (Lipinski definition) is 0. The number of oxazole rings is 1. The molecule has 0 saturated carbocycles. The van der Waals surface area contributed by atoms with Gasteiger partial charge in [-0.1, -0.05) is 6.07 Å². The molecule has 5 rings (SSSR count). The molecule has 0 bridgehead atoms. The van der Waals surface area contributed by atoms with Gasteiger partial charge in [-0.15, -0.1) is 0 Å². The maximum Gasteiger partial charge on any atom is 0.298 e. The maximum atomic E-state index is 6.09. The van der Waals surface area contributed by atoms with Crippen molar-refractivity contribution in [2.75, 3.05) is 31.2 Å². The second-order valence-electron chi connectivity index (χ2n) is 7.82. The Balaban J connectivity index is 1.52. The third kappa shape index (κ3) is 2.51. The highest BCUT2D eigenvalue weighted by molar-refractivity contribution is 5.75. The number of ether oxygens (including phenoxy) is 1. The summed E-state index contributed by atoms with van der Waals surface area (Å²) in [5, 5.41) is 4.41. The van der Waals surface area contributed by atoms with Crippen molar-refractivity contribution in [2.24, 2.45) is 12.5 Å². The van der Waals surface area contributed by atoms with Crippen LogP contribution < -0.4 is 4.90 Å². The van der Waals surface area contributed by atoms with Crippen LogP contribution in [0.25, 0.3) is 11.1 Å². The SMILES string of the molecule is Cc1ccc2oc(N3CC(c4cnn(C)c4)C4(CCOCC4)C3)nc2c1. The summed E-state index contributed by atoms with van der Waals surface area (Å²) in [5.74, 6) is 0.428. The van der Waals surface area contributed by atoms with E-state index in [1.807, 2.05) is 24.0 Å². The Kier molecular flexibility index (Phi) is 3.57. The average molecular weight is 352 g/mol. The van der Waals surface area contributed by atoms with Crippen molar-refractivity contribution in [1.29, 1.82) is 0 Å². The maximum absolute atomic E-state index is 6.09. The van der Waals surface area contributed by atoms with E-state index in [-0.39, 0.29) is 5.41 Å². The lowest BCUT2D eigenvalue weighted by atomic mass is 9.70. The average Bonchev–Trinajstić information content (AvgIpc) is 3.32. The van der Waals surface area contributed by atoms with Crippen molar-refractivity contribution in [2.45, 2.75) is 25.7 Å². The molecule has 1 aromatic carbocycles. The van der Waals surface area contributed by atoms with E-state index < -0.39 is 0 Å². The van der Waals surface area contributed by atoms with E-state index >= 15 is 0 Å². The van der Waals surface area contributed by atoms with Gasteiger partial charge in [-0.2, -0.15) is 10.1 Å². The minimum atomic E-state index is 0.206. The van der Waals surface area contributed by atoms with E-state index in [4.69, 9.17) is 14.1 Å². The van der Waals surface area contributed by atoms with Crippen molar-refractivity contribution in [3.63, 3.8) is 0 Å². The van der Waals surface area contributed by atoms with Crippen molar-refractivity contribution in [3.05, 3.63) is 41.7 Å². The van der Waals surface area contributed by atoms with Gasteiger partial charge in [0.25, 0.3) is 6.01 Å². The molecule has 3 aromatic rings. The van der Waals surface area contributed by atoms with Crippen LogP contribution in [0.15, 0.2) is 35.0 Å². The molecule has 4 heterocycles. The predicted octanol–water partition coefficient (Wildman–Crippen LogP) is 3.27. The molecule has 1 unspecified atom stereocenters. The molecule has 1 atom stereocenters. The van der Waals surface area contributed by atoms with Crippen molar-refractivity contribution in [1.82, 2.24) is 14.8 Å². The Bertz CT molecular complexity index is 938. The van der Waals surface area contributed by atoms with E-state index in [0.717, 1.165) is 56.3 Å². The van der Waals surface area contributed by atoms with Crippen LogP contribution in [0.2, 0.25) is 0 Å². The Morgan fingerprint density at radius 1 is 1.23 bits per heavy atom. The standard InChI is InChI=1S/C20H24N4O2/c1-14-3-4-18-17(9-14)22-19(26-18)24-12-16(15-10-21-23(2)11-15)20(13-24)5-7-25-8-6-20/h3-4,9-11,16H,5-8,12-13H2,1-2H3. The van der Waals surface area contributed by atoms with Crippen LogP contribution in [0.3, 0.4) is 0 Å². The molecule has 2 saturated heterocycles. The van der Waals surface area contributed by atoms with Crippen molar-refractivity contribution >= 4 is 17.1 Å². The van der Waals surface area contributed by atoms with E-state index in [1.165, 1.54) is 11.1 Å². The summed E-state index contributed by atoms with van der Waals surface area (Å²) >= 11 is 0. The van der Waals surface area contributed by atoms with Gasteiger partial charge >= 0.3 is 0 Å². The fourth-order valence-corrected chi connectivity index (χ4v) is 4.64. The molecule has 0 radical (unpaired) electrons. The molecular formula is C20H24N4O2. The largest absolute Gasteiger partial charge is 0.423 e. The van der Waals surface area contributed by atoms with Gasteiger partial charge in [-0.25, -0.2) is 0 Å². The Hall–Kier alpha value is -2.34.